The second kappa shape index (κ2) is 6.80. The van der Waals surface area contributed by atoms with Crippen LogP contribution in [0.15, 0.2) is 18.2 Å². The average Bonchev–Trinajstić information content (AvgIpc) is 2.37. The Labute approximate surface area is 117 Å². The molecule has 0 fully saturated rings. The molecular weight excluding hydrogens is 238 g/mol. The molecule has 1 aromatic rings. The van der Waals surface area contributed by atoms with Crippen LogP contribution in [0.3, 0.4) is 0 Å². The zero-order valence-electron chi connectivity index (χ0n) is 13.0. The van der Waals surface area contributed by atoms with Crippen LogP contribution in [0.1, 0.15) is 45.7 Å². The molecule has 1 N–H and O–H groups in total. The molecule has 0 heterocycles. The Morgan fingerprint density at radius 1 is 1.16 bits per heavy atom. The van der Waals surface area contributed by atoms with Crippen LogP contribution in [-0.4, -0.2) is 20.8 Å². The van der Waals surface area contributed by atoms with Crippen molar-refractivity contribution >= 4 is 0 Å². The molecule has 0 aromatic heterocycles. The van der Waals surface area contributed by atoms with Gasteiger partial charge in [0.2, 0.25) is 0 Å². The minimum absolute atomic E-state index is 0.106. The number of para-hydroxylation sites is 1. The molecule has 0 aliphatic carbocycles. The van der Waals surface area contributed by atoms with Crippen molar-refractivity contribution in [2.75, 3.05) is 20.8 Å². The third kappa shape index (κ3) is 3.87. The maximum atomic E-state index is 5.56. The molecule has 0 radical (unpaired) electrons. The lowest BCUT2D eigenvalue weighted by Gasteiger charge is -2.33. The quantitative estimate of drug-likeness (QED) is 0.849. The Hall–Kier alpha value is -1.22. The second-order valence-electron chi connectivity index (χ2n) is 5.84. The van der Waals surface area contributed by atoms with E-state index >= 15 is 0 Å². The third-order valence-corrected chi connectivity index (χ3v) is 3.21. The summed E-state index contributed by atoms with van der Waals surface area (Å²) in [6.07, 6.45) is 1.11. The topological polar surface area (TPSA) is 30.5 Å². The van der Waals surface area contributed by atoms with Gasteiger partial charge in [-0.2, -0.15) is 0 Å². The van der Waals surface area contributed by atoms with Gasteiger partial charge in [-0.05, 0) is 24.4 Å². The maximum absolute atomic E-state index is 5.56. The summed E-state index contributed by atoms with van der Waals surface area (Å²) < 4.78 is 10.9. The minimum Gasteiger partial charge on any atom is -0.493 e. The van der Waals surface area contributed by atoms with Crippen LogP contribution in [0.5, 0.6) is 11.5 Å². The molecule has 1 aromatic carbocycles. The highest BCUT2D eigenvalue weighted by molar-refractivity contribution is 5.48. The minimum atomic E-state index is 0.106. The number of methoxy groups -OCH3 is 2. The number of ether oxygens (including phenoxy) is 2. The van der Waals surface area contributed by atoms with Crippen molar-refractivity contribution in [1.82, 2.24) is 5.32 Å². The molecule has 0 saturated heterocycles. The summed E-state index contributed by atoms with van der Waals surface area (Å²) in [6, 6.07) is 6.29. The van der Waals surface area contributed by atoms with Gasteiger partial charge in [0.1, 0.15) is 0 Å². The van der Waals surface area contributed by atoms with Crippen LogP contribution in [0.2, 0.25) is 0 Å². The Kier molecular flexibility index (Phi) is 5.67. The molecular formula is C16H27NO2. The normalized spacial score (nSPS) is 13.2. The fraction of sp³-hybridized carbons (Fsp3) is 0.625. The van der Waals surface area contributed by atoms with E-state index in [-0.39, 0.29) is 11.5 Å². The highest BCUT2D eigenvalue weighted by Gasteiger charge is 2.29. The van der Waals surface area contributed by atoms with Gasteiger partial charge in [0.05, 0.1) is 14.2 Å². The van der Waals surface area contributed by atoms with Crippen molar-refractivity contribution in [3.05, 3.63) is 23.8 Å². The molecule has 1 atom stereocenters. The van der Waals surface area contributed by atoms with Gasteiger partial charge < -0.3 is 14.8 Å². The average molecular weight is 265 g/mol. The van der Waals surface area contributed by atoms with E-state index in [1.54, 1.807) is 14.2 Å². The molecule has 1 rings (SSSR count). The summed E-state index contributed by atoms with van der Waals surface area (Å²) in [5.41, 5.74) is 1.26. The Morgan fingerprint density at radius 2 is 1.84 bits per heavy atom. The molecule has 108 valence electrons. The van der Waals surface area contributed by atoms with Crippen molar-refractivity contribution in [3.8, 4) is 11.5 Å². The second-order valence-corrected chi connectivity index (χ2v) is 5.84. The predicted molar refractivity (Wildman–Crippen MR) is 80.0 cm³/mol. The van der Waals surface area contributed by atoms with Crippen LogP contribution >= 0.6 is 0 Å². The number of nitrogens with one attached hydrogen (secondary N) is 1. The number of hydrogen-bond acceptors (Lipinski definition) is 3. The molecule has 0 amide bonds. The summed E-state index contributed by atoms with van der Waals surface area (Å²) in [7, 11) is 3.37. The summed E-state index contributed by atoms with van der Waals surface area (Å²) >= 11 is 0. The zero-order chi connectivity index (χ0) is 14.5. The monoisotopic (exact) mass is 265 g/mol. The van der Waals surface area contributed by atoms with Gasteiger partial charge in [-0.1, -0.05) is 39.8 Å². The van der Waals surface area contributed by atoms with E-state index < -0.39 is 0 Å². The predicted octanol–water partition coefficient (Wildman–Crippen LogP) is 3.79. The van der Waals surface area contributed by atoms with Crippen LogP contribution in [0.4, 0.5) is 0 Å². The number of rotatable bonds is 6. The lowest BCUT2D eigenvalue weighted by atomic mass is 9.81. The Morgan fingerprint density at radius 3 is 2.32 bits per heavy atom. The van der Waals surface area contributed by atoms with E-state index in [9.17, 15) is 0 Å². The lowest BCUT2D eigenvalue weighted by Crippen LogP contribution is -2.33. The first-order valence-corrected chi connectivity index (χ1v) is 6.90. The highest BCUT2D eigenvalue weighted by Crippen LogP contribution is 2.41. The summed E-state index contributed by atoms with van der Waals surface area (Å²) in [5, 5.41) is 3.62. The van der Waals surface area contributed by atoms with E-state index in [4.69, 9.17) is 9.47 Å². The number of benzene rings is 1. The van der Waals surface area contributed by atoms with Crippen molar-refractivity contribution in [1.29, 1.82) is 0 Å². The van der Waals surface area contributed by atoms with Gasteiger partial charge in [0, 0.05) is 11.6 Å². The van der Waals surface area contributed by atoms with Crippen LogP contribution < -0.4 is 14.8 Å². The lowest BCUT2D eigenvalue weighted by molar-refractivity contribution is 0.262. The largest absolute Gasteiger partial charge is 0.493 e. The molecule has 0 spiro atoms. The smallest absolute Gasteiger partial charge is 0.165 e. The Bertz CT molecular complexity index is 396. The van der Waals surface area contributed by atoms with Gasteiger partial charge >= 0.3 is 0 Å². The van der Waals surface area contributed by atoms with E-state index in [0.29, 0.717) is 0 Å². The third-order valence-electron chi connectivity index (χ3n) is 3.21. The number of hydrogen-bond donors (Lipinski definition) is 1. The van der Waals surface area contributed by atoms with Crippen LogP contribution in [-0.2, 0) is 0 Å². The van der Waals surface area contributed by atoms with Gasteiger partial charge in [0.15, 0.2) is 11.5 Å². The fourth-order valence-corrected chi connectivity index (χ4v) is 2.31. The molecule has 0 aliphatic heterocycles. The van der Waals surface area contributed by atoms with Crippen LogP contribution in [0, 0.1) is 5.41 Å². The highest BCUT2D eigenvalue weighted by atomic mass is 16.5. The fourth-order valence-electron chi connectivity index (χ4n) is 2.31. The van der Waals surface area contributed by atoms with Crippen molar-refractivity contribution in [3.63, 3.8) is 0 Å². The molecule has 0 aliphatic rings. The standard InChI is InChI=1S/C16H27NO2/c1-7-11-17-15(16(2,3)4)12-9-8-10-13(18-5)14(12)19-6/h8-10,15,17H,7,11H2,1-6H3. The molecule has 3 heteroatoms. The van der Waals surface area contributed by atoms with Gasteiger partial charge in [-0.25, -0.2) is 0 Å². The maximum Gasteiger partial charge on any atom is 0.165 e. The molecule has 0 bridgehead atoms. The van der Waals surface area contributed by atoms with E-state index in [2.05, 4.69) is 39.1 Å². The molecule has 3 nitrogen and oxygen atoms in total. The summed E-state index contributed by atoms with van der Waals surface area (Å²) in [6.45, 7) is 9.87. The first-order chi connectivity index (χ1) is 8.95. The van der Waals surface area contributed by atoms with Crippen LogP contribution in [0.25, 0.3) is 0 Å². The van der Waals surface area contributed by atoms with Crippen molar-refractivity contribution < 1.29 is 9.47 Å². The van der Waals surface area contributed by atoms with Gasteiger partial charge in [-0.3, -0.25) is 0 Å². The first kappa shape index (κ1) is 15.8. The van der Waals surface area contributed by atoms with Gasteiger partial charge in [0.25, 0.3) is 0 Å². The summed E-state index contributed by atoms with van der Waals surface area (Å²) in [5.74, 6) is 1.61. The van der Waals surface area contributed by atoms with Gasteiger partial charge in [-0.15, -0.1) is 0 Å². The van der Waals surface area contributed by atoms with E-state index in [0.717, 1.165) is 30.0 Å². The zero-order valence-corrected chi connectivity index (χ0v) is 13.0. The summed E-state index contributed by atoms with van der Waals surface area (Å²) in [4.78, 5) is 0. The molecule has 0 saturated carbocycles. The van der Waals surface area contributed by atoms with E-state index in [1.807, 2.05) is 12.1 Å². The molecule has 19 heavy (non-hydrogen) atoms. The first-order valence-electron chi connectivity index (χ1n) is 6.90. The SMILES string of the molecule is CCCNC(c1cccc(OC)c1OC)C(C)(C)C. The van der Waals surface area contributed by atoms with E-state index in [1.165, 1.54) is 0 Å². The molecule has 1 unspecified atom stereocenters. The van der Waals surface area contributed by atoms with Crippen molar-refractivity contribution in [2.24, 2.45) is 5.41 Å². The van der Waals surface area contributed by atoms with Crippen molar-refractivity contribution in [2.45, 2.75) is 40.2 Å². The Balaban J connectivity index is 3.21.